The lowest BCUT2D eigenvalue weighted by atomic mass is 9.96. The Labute approximate surface area is 178 Å². The van der Waals surface area contributed by atoms with Crippen molar-refractivity contribution in [3.63, 3.8) is 0 Å². The Morgan fingerprint density at radius 3 is 2.83 bits per heavy atom. The van der Waals surface area contributed by atoms with Crippen molar-refractivity contribution in [1.29, 1.82) is 0 Å². The monoisotopic (exact) mass is 416 g/mol. The van der Waals surface area contributed by atoms with Crippen LogP contribution in [-0.4, -0.2) is 67.0 Å². The predicted molar refractivity (Wildman–Crippen MR) is 117 cm³/mol. The van der Waals surface area contributed by atoms with E-state index in [0.717, 1.165) is 38.2 Å². The third-order valence-corrected chi connectivity index (χ3v) is 6.74. The van der Waals surface area contributed by atoms with Crippen LogP contribution in [0.5, 0.6) is 0 Å². The van der Waals surface area contributed by atoms with Crippen LogP contribution in [0.2, 0.25) is 0 Å². The number of nitrogens with one attached hydrogen (secondary N) is 1. The van der Waals surface area contributed by atoms with Crippen molar-refractivity contribution in [2.75, 3.05) is 38.6 Å². The van der Waals surface area contributed by atoms with E-state index in [1.807, 2.05) is 18.2 Å². The molecule has 2 heterocycles. The predicted octanol–water partition coefficient (Wildman–Crippen LogP) is 3.17. The molecule has 2 N–H and O–H groups in total. The van der Waals surface area contributed by atoms with E-state index in [1.54, 1.807) is 11.8 Å². The van der Waals surface area contributed by atoms with Crippen molar-refractivity contribution in [2.45, 2.75) is 49.0 Å². The Morgan fingerprint density at radius 2 is 2.00 bits per heavy atom. The van der Waals surface area contributed by atoms with E-state index in [1.165, 1.54) is 23.3 Å². The lowest BCUT2D eigenvalue weighted by Crippen LogP contribution is -2.46. The molecule has 3 unspecified atom stereocenters. The Kier molecular flexibility index (Phi) is 7.68. The number of allylic oxidation sites excluding steroid dienone is 1. The van der Waals surface area contributed by atoms with Crippen molar-refractivity contribution in [3.8, 4) is 0 Å². The van der Waals surface area contributed by atoms with Crippen molar-refractivity contribution < 1.29 is 14.6 Å². The van der Waals surface area contributed by atoms with E-state index < -0.39 is 6.23 Å². The maximum Gasteiger partial charge on any atom is 0.125 e. The zero-order chi connectivity index (χ0) is 19.9. The highest BCUT2D eigenvalue weighted by Crippen LogP contribution is 2.27. The first kappa shape index (κ1) is 20.9. The quantitative estimate of drug-likeness (QED) is 0.476. The van der Waals surface area contributed by atoms with E-state index in [-0.39, 0.29) is 12.1 Å². The third-order valence-electron chi connectivity index (χ3n) is 5.65. The smallest absolute Gasteiger partial charge is 0.125 e. The van der Waals surface area contributed by atoms with Crippen LogP contribution in [0, 0.1) is 0 Å². The molecule has 5 nitrogen and oxygen atoms in total. The Balaban J connectivity index is 1.34. The lowest BCUT2D eigenvalue weighted by Gasteiger charge is -2.31. The van der Waals surface area contributed by atoms with Crippen LogP contribution >= 0.6 is 11.8 Å². The van der Waals surface area contributed by atoms with Crippen LogP contribution in [0.15, 0.2) is 58.7 Å². The number of aliphatic hydroxyl groups is 1. The molecule has 0 spiro atoms. The van der Waals surface area contributed by atoms with Crippen molar-refractivity contribution >= 4 is 11.8 Å². The van der Waals surface area contributed by atoms with Gasteiger partial charge < -0.3 is 19.5 Å². The van der Waals surface area contributed by atoms with Gasteiger partial charge >= 0.3 is 0 Å². The zero-order valence-corrected chi connectivity index (χ0v) is 17.8. The number of likely N-dealkylation sites (tertiary alicyclic amines) is 1. The van der Waals surface area contributed by atoms with Gasteiger partial charge in [0.05, 0.1) is 6.61 Å². The van der Waals surface area contributed by atoms with Gasteiger partial charge in [0.1, 0.15) is 24.7 Å². The SMILES string of the molecule is OC(CSc1ccccc1)NC(CC1=CCC2OCCOC2=C1)CN1CCCC1. The maximum absolute atomic E-state index is 10.6. The molecule has 1 aromatic carbocycles. The standard InChI is InChI=1S/C23H32N2O3S/c26-23(17-29-20-6-2-1-3-7-20)24-19(16-25-10-4-5-11-25)14-18-8-9-21-22(15-18)28-13-12-27-21/h1-3,6-8,15,19,21,23-24,26H,4-5,9-14,16-17H2. The fourth-order valence-corrected chi connectivity index (χ4v) is 5.03. The molecule has 4 rings (SSSR count). The van der Waals surface area contributed by atoms with Crippen molar-refractivity contribution in [2.24, 2.45) is 0 Å². The van der Waals surface area contributed by atoms with Gasteiger partial charge in [0, 0.05) is 23.2 Å². The molecule has 0 amide bonds. The normalized spacial score (nSPS) is 24.2. The second kappa shape index (κ2) is 10.6. The molecule has 3 aliphatic rings. The van der Waals surface area contributed by atoms with Crippen LogP contribution in [0.1, 0.15) is 25.7 Å². The van der Waals surface area contributed by atoms with E-state index in [2.05, 4.69) is 34.5 Å². The average Bonchev–Trinajstić information content (AvgIpc) is 3.26. The molecule has 0 saturated carbocycles. The van der Waals surface area contributed by atoms with E-state index in [9.17, 15) is 5.11 Å². The molecular formula is C23H32N2O3S. The highest BCUT2D eigenvalue weighted by Gasteiger charge is 2.26. The van der Waals surface area contributed by atoms with Gasteiger partial charge in [0.25, 0.3) is 0 Å². The summed E-state index contributed by atoms with van der Waals surface area (Å²) in [4.78, 5) is 3.69. The molecule has 29 heavy (non-hydrogen) atoms. The number of rotatable bonds is 9. The molecule has 6 heteroatoms. The minimum absolute atomic E-state index is 0.0883. The lowest BCUT2D eigenvalue weighted by molar-refractivity contribution is -0.0418. The second-order valence-electron chi connectivity index (χ2n) is 7.98. The first-order valence-electron chi connectivity index (χ1n) is 10.8. The summed E-state index contributed by atoms with van der Waals surface area (Å²) in [5.74, 6) is 1.61. The second-order valence-corrected chi connectivity index (χ2v) is 9.08. The number of hydrogen-bond acceptors (Lipinski definition) is 6. The van der Waals surface area contributed by atoms with Crippen LogP contribution in [-0.2, 0) is 9.47 Å². The Bertz CT molecular complexity index is 703. The summed E-state index contributed by atoms with van der Waals surface area (Å²) in [7, 11) is 0. The number of ether oxygens (including phenoxy) is 2. The highest BCUT2D eigenvalue weighted by atomic mass is 32.2. The van der Waals surface area contributed by atoms with Gasteiger partial charge in [-0.15, -0.1) is 11.8 Å². The number of benzene rings is 1. The largest absolute Gasteiger partial charge is 0.493 e. The number of thioether (sulfide) groups is 1. The maximum atomic E-state index is 10.6. The van der Waals surface area contributed by atoms with Gasteiger partial charge in [-0.1, -0.05) is 24.3 Å². The molecule has 0 radical (unpaired) electrons. The summed E-state index contributed by atoms with van der Waals surface area (Å²) < 4.78 is 11.6. The molecule has 3 atom stereocenters. The van der Waals surface area contributed by atoms with Crippen LogP contribution in [0.3, 0.4) is 0 Å². The Morgan fingerprint density at radius 1 is 1.17 bits per heavy atom. The summed E-state index contributed by atoms with van der Waals surface area (Å²) in [5.41, 5.74) is 1.28. The fourth-order valence-electron chi connectivity index (χ4n) is 4.24. The number of hydrogen-bond donors (Lipinski definition) is 2. The molecule has 2 saturated heterocycles. The number of nitrogens with zero attached hydrogens (tertiary/aromatic N) is 1. The average molecular weight is 417 g/mol. The zero-order valence-electron chi connectivity index (χ0n) is 17.0. The summed E-state index contributed by atoms with van der Waals surface area (Å²) in [6, 6.07) is 10.5. The molecule has 2 fully saturated rings. The van der Waals surface area contributed by atoms with Gasteiger partial charge in [-0.2, -0.15) is 0 Å². The van der Waals surface area contributed by atoms with E-state index >= 15 is 0 Å². The molecule has 0 aromatic heterocycles. The first-order chi connectivity index (χ1) is 14.3. The minimum Gasteiger partial charge on any atom is -0.493 e. The number of fused-ring (bicyclic) bond motifs is 1. The number of aliphatic hydroxyl groups excluding tert-OH is 1. The molecular weight excluding hydrogens is 384 g/mol. The van der Waals surface area contributed by atoms with Gasteiger partial charge in [-0.3, -0.25) is 5.32 Å². The molecule has 158 valence electrons. The van der Waals surface area contributed by atoms with Gasteiger partial charge in [-0.05, 0) is 62.6 Å². The molecule has 1 aromatic rings. The summed E-state index contributed by atoms with van der Waals surface area (Å²) in [5, 5.41) is 14.1. The highest BCUT2D eigenvalue weighted by molar-refractivity contribution is 7.99. The van der Waals surface area contributed by atoms with Crippen molar-refractivity contribution in [1.82, 2.24) is 10.2 Å². The van der Waals surface area contributed by atoms with Crippen molar-refractivity contribution in [3.05, 3.63) is 53.8 Å². The van der Waals surface area contributed by atoms with Crippen LogP contribution < -0.4 is 5.32 Å². The molecule has 2 aliphatic heterocycles. The summed E-state index contributed by atoms with van der Waals surface area (Å²) >= 11 is 1.69. The summed E-state index contributed by atoms with van der Waals surface area (Å²) in [6.07, 6.45) is 8.30. The van der Waals surface area contributed by atoms with Crippen LogP contribution in [0.25, 0.3) is 0 Å². The third kappa shape index (κ3) is 6.33. The topological polar surface area (TPSA) is 54.0 Å². The molecule has 1 aliphatic carbocycles. The Hall–Kier alpha value is -1.31. The molecule has 0 bridgehead atoms. The van der Waals surface area contributed by atoms with Crippen LogP contribution in [0.4, 0.5) is 0 Å². The first-order valence-corrected chi connectivity index (χ1v) is 11.7. The van der Waals surface area contributed by atoms with Gasteiger partial charge in [0.15, 0.2) is 0 Å². The fraction of sp³-hybridized carbons (Fsp3) is 0.565. The van der Waals surface area contributed by atoms with Gasteiger partial charge in [-0.25, -0.2) is 0 Å². The summed E-state index contributed by atoms with van der Waals surface area (Å²) in [6.45, 7) is 4.60. The van der Waals surface area contributed by atoms with Gasteiger partial charge in [0.2, 0.25) is 0 Å². The van der Waals surface area contributed by atoms with E-state index in [4.69, 9.17) is 9.47 Å². The minimum atomic E-state index is -0.535. The van der Waals surface area contributed by atoms with E-state index in [0.29, 0.717) is 19.0 Å².